The molecule has 0 N–H and O–H groups in total. The first-order valence-corrected chi connectivity index (χ1v) is 7.37. The Labute approximate surface area is 121 Å². The summed E-state index contributed by atoms with van der Waals surface area (Å²) < 4.78 is 0. The van der Waals surface area contributed by atoms with E-state index in [9.17, 15) is 0 Å². The van der Waals surface area contributed by atoms with Crippen molar-refractivity contribution >= 4 is 17.4 Å². The van der Waals surface area contributed by atoms with Gasteiger partial charge in [0, 0.05) is 24.1 Å². The van der Waals surface area contributed by atoms with Gasteiger partial charge in [-0.3, -0.25) is 0 Å². The molecule has 4 heteroatoms. The molecule has 0 bridgehead atoms. The third kappa shape index (κ3) is 2.86. The molecule has 2 rings (SSSR count). The predicted octanol–water partition coefficient (Wildman–Crippen LogP) is 3.83. The van der Waals surface area contributed by atoms with Crippen molar-refractivity contribution in [3.05, 3.63) is 16.5 Å². The van der Waals surface area contributed by atoms with E-state index in [4.69, 9.17) is 16.6 Å². The second-order valence-electron chi connectivity index (χ2n) is 6.90. The Kier molecular flexibility index (Phi) is 3.78. The van der Waals surface area contributed by atoms with E-state index >= 15 is 0 Å². The van der Waals surface area contributed by atoms with Crippen molar-refractivity contribution in [3.63, 3.8) is 0 Å². The molecule has 0 spiro atoms. The fourth-order valence-electron chi connectivity index (χ4n) is 2.42. The van der Waals surface area contributed by atoms with Crippen LogP contribution < -0.4 is 4.90 Å². The Morgan fingerprint density at radius 3 is 2.11 bits per heavy atom. The van der Waals surface area contributed by atoms with Crippen LogP contribution in [0, 0.1) is 18.8 Å². The van der Waals surface area contributed by atoms with E-state index in [0.717, 1.165) is 30.3 Å². The van der Waals surface area contributed by atoms with Gasteiger partial charge in [0.05, 0.1) is 0 Å². The molecule has 1 aliphatic heterocycles. The molecule has 1 saturated heterocycles. The molecule has 106 valence electrons. The van der Waals surface area contributed by atoms with Gasteiger partial charge in [-0.05, 0) is 18.8 Å². The summed E-state index contributed by atoms with van der Waals surface area (Å²) in [6, 6.07) is 0. The summed E-state index contributed by atoms with van der Waals surface area (Å²) in [5, 5.41) is 0.585. The minimum absolute atomic E-state index is 0.0803. The van der Waals surface area contributed by atoms with Gasteiger partial charge in [0.2, 0.25) is 0 Å². The molecule has 1 aliphatic rings. The number of nitrogens with zero attached hydrogens (tertiary/aromatic N) is 3. The summed E-state index contributed by atoms with van der Waals surface area (Å²) in [5.74, 6) is 3.24. The first kappa shape index (κ1) is 14.6. The molecular formula is C15H24ClN3. The van der Waals surface area contributed by atoms with Gasteiger partial charge in [-0.2, -0.15) is 0 Å². The molecule has 19 heavy (non-hydrogen) atoms. The van der Waals surface area contributed by atoms with Crippen molar-refractivity contribution < 1.29 is 0 Å². The number of halogens is 1. The SMILES string of the molecule is Cc1c(Cl)nc(C(C)(C)C)nc1N1CC(C)C(C)C1. The zero-order valence-corrected chi connectivity index (χ0v) is 13.5. The number of rotatable bonds is 1. The van der Waals surface area contributed by atoms with Crippen LogP contribution in [0.2, 0.25) is 5.15 Å². The third-order valence-electron chi connectivity index (χ3n) is 4.02. The summed E-state index contributed by atoms with van der Waals surface area (Å²) in [6.07, 6.45) is 0. The molecule has 2 heterocycles. The summed E-state index contributed by atoms with van der Waals surface area (Å²) in [7, 11) is 0. The molecule has 0 radical (unpaired) electrons. The van der Waals surface area contributed by atoms with E-state index in [1.165, 1.54) is 0 Å². The van der Waals surface area contributed by atoms with E-state index in [2.05, 4.69) is 44.5 Å². The topological polar surface area (TPSA) is 29.0 Å². The van der Waals surface area contributed by atoms with Crippen LogP contribution in [-0.2, 0) is 5.41 Å². The zero-order chi connectivity index (χ0) is 14.4. The molecule has 3 nitrogen and oxygen atoms in total. The smallest absolute Gasteiger partial charge is 0.137 e. The normalized spacial score (nSPS) is 24.1. The molecule has 0 aromatic carbocycles. The van der Waals surface area contributed by atoms with Gasteiger partial charge in [-0.15, -0.1) is 0 Å². The van der Waals surface area contributed by atoms with Gasteiger partial charge in [0.1, 0.15) is 16.8 Å². The van der Waals surface area contributed by atoms with Crippen molar-refractivity contribution in [1.82, 2.24) is 9.97 Å². The molecule has 0 saturated carbocycles. The van der Waals surface area contributed by atoms with E-state index < -0.39 is 0 Å². The van der Waals surface area contributed by atoms with Crippen LogP contribution in [0.1, 0.15) is 46.0 Å². The quantitative estimate of drug-likeness (QED) is 0.733. The highest BCUT2D eigenvalue weighted by molar-refractivity contribution is 6.30. The van der Waals surface area contributed by atoms with Crippen LogP contribution in [-0.4, -0.2) is 23.1 Å². The molecule has 1 fully saturated rings. The van der Waals surface area contributed by atoms with Gasteiger partial charge in [-0.25, -0.2) is 9.97 Å². The second kappa shape index (κ2) is 4.93. The minimum Gasteiger partial charge on any atom is -0.356 e. The van der Waals surface area contributed by atoms with Gasteiger partial charge in [-0.1, -0.05) is 46.2 Å². The maximum atomic E-state index is 6.30. The van der Waals surface area contributed by atoms with Crippen molar-refractivity contribution in [1.29, 1.82) is 0 Å². The summed E-state index contributed by atoms with van der Waals surface area (Å²) in [6.45, 7) is 15.1. The lowest BCUT2D eigenvalue weighted by atomic mass is 9.95. The average Bonchev–Trinajstić information content (AvgIpc) is 2.61. The fourth-order valence-corrected chi connectivity index (χ4v) is 2.59. The molecule has 0 amide bonds. The molecule has 1 aromatic heterocycles. The van der Waals surface area contributed by atoms with E-state index in [1.807, 2.05) is 6.92 Å². The van der Waals surface area contributed by atoms with Gasteiger partial charge in [0.15, 0.2) is 0 Å². The van der Waals surface area contributed by atoms with Crippen molar-refractivity contribution in [2.45, 2.75) is 47.0 Å². The monoisotopic (exact) mass is 281 g/mol. The Bertz CT molecular complexity index is 469. The Morgan fingerprint density at radius 1 is 1.11 bits per heavy atom. The van der Waals surface area contributed by atoms with Crippen molar-refractivity contribution in [2.75, 3.05) is 18.0 Å². The van der Waals surface area contributed by atoms with E-state index in [0.29, 0.717) is 17.0 Å². The van der Waals surface area contributed by atoms with Crippen LogP contribution in [0.5, 0.6) is 0 Å². The maximum absolute atomic E-state index is 6.30. The van der Waals surface area contributed by atoms with Crippen molar-refractivity contribution in [3.8, 4) is 0 Å². The number of hydrogen-bond acceptors (Lipinski definition) is 3. The summed E-state index contributed by atoms with van der Waals surface area (Å²) in [5.41, 5.74) is 0.916. The lowest BCUT2D eigenvalue weighted by Crippen LogP contribution is -2.25. The highest BCUT2D eigenvalue weighted by Gasteiger charge is 2.30. The van der Waals surface area contributed by atoms with Gasteiger partial charge in [0.25, 0.3) is 0 Å². The first-order valence-electron chi connectivity index (χ1n) is 6.99. The Balaban J connectivity index is 2.43. The van der Waals surface area contributed by atoms with Crippen LogP contribution in [0.4, 0.5) is 5.82 Å². The van der Waals surface area contributed by atoms with Crippen LogP contribution in [0.25, 0.3) is 0 Å². The lowest BCUT2D eigenvalue weighted by molar-refractivity contribution is 0.494. The zero-order valence-electron chi connectivity index (χ0n) is 12.8. The first-order chi connectivity index (χ1) is 8.70. The molecule has 2 unspecified atom stereocenters. The lowest BCUT2D eigenvalue weighted by Gasteiger charge is -2.24. The van der Waals surface area contributed by atoms with Crippen LogP contribution >= 0.6 is 11.6 Å². The maximum Gasteiger partial charge on any atom is 0.137 e. The van der Waals surface area contributed by atoms with Gasteiger partial charge >= 0.3 is 0 Å². The number of hydrogen-bond donors (Lipinski definition) is 0. The number of aromatic nitrogens is 2. The summed E-state index contributed by atoms with van der Waals surface area (Å²) in [4.78, 5) is 11.6. The van der Waals surface area contributed by atoms with E-state index in [-0.39, 0.29) is 5.41 Å². The van der Waals surface area contributed by atoms with E-state index in [1.54, 1.807) is 0 Å². The molecule has 1 aromatic rings. The number of anilines is 1. The largest absolute Gasteiger partial charge is 0.356 e. The van der Waals surface area contributed by atoms with Crippen LogP contribution in [0.3, 0.4) is 0 Å². The molecular weight excluding hydrogens is 258 g/mol. The average molecular weight is 282 g/mol. The van der Waals surface area contributed by atoms with Crippen LogP contribution in [0.15, 0.2) is 0 Å². The van der Waals surface area contributed by atoms with Crippen molar-refractivity contribution in [2.24, 2.45) is 11.8 Å². The standard InChI is InChI=1S/C15H24ClN3/c1-9-7-19(8-10(9)2)13-11(3)12(16)17-14(18-13)15(4,5)6/h9-10H,7-8H2,1-6H3. The Hall–Kier alpha value is -0.830. The predicted molar refractivity (Wildman–Crippen MR) is 81.0 cm³/mol. The highest BCUT2D eigenvalue weighted by Crippen LogP contribution is 2.32. The summed E-state index contributed by atoms with van der Waals surface area (Å²) >= 11 is 6.30. The molecule has 2 atom stereocenters. The third-order valence-corrected chi connectivity index (χ3v) is 4.39. The van der Waals surface area contributed by atoms with Gasteiger partial charge < -0.3 is 4.90 Å². The Morgan fingerprint density at radius 2 is 1.63 bits per heavy atom. The molecule has 0 aliphatic carbocycles. The highest BCUT2D eigenvalue weighted by atomic mass is 35.5. The second-order valence-corrected chi connectivity index (χ2v) is 7.25. The minimum atomic E-state index is -0.0803. The fraction of sp³-hybridized carbons (Fsp3) is 0.733.